The first-order chi connectivity index (χ1) is 9.11. The van der Waals surface area contributed by atoms with Gasteiger partial charge in [-0.3, -0.25) is 4.79 Å². The number of nitrogens with one attached hydrogen (secondary N) is 1. The zero-order valence-corrected chi connectivity index (χ0v) is 11.5. The van der Waals surface area contributed by atoms with E-state index in [9.17, 15) is 4.79 Å². The lowest BCUT2D eigenvalue weighted by atomic mass is 9.84. The van der Waals surface area contributed by atoms with Gasteiger partial charge in [0.15, 0.2) is 0 Å². The van der Waals surface area contributed by atoms with Crippen molar-refractivity contribution < 1.29 is 4.79 Å². The summed E-state index contributed by atoms with van der Waals surface area (Å²) in [5.41, 5.74) is 13.2. The summed E-state index contributed by atoms with van der Waals surface area (Å²) in [5, 5.41) is 3.44. The van der Waals surface area contributed by atoms with E-state index in [-0.39, 0.29) is 0 Å². The predicted molar refractivity (Wildman–Crippen MR) is 79.0 cm³/mol. The molecule has 0 radical (unpaired) electrons. The second-order valence-corrected chi connectivity index (χ2v) is 5.42. The van der Waals surface area contributed by atoms with Crippen molar-refractivity contribution in [1.29, 1.82) is 0 Å². The zero-order chi connectivity index (χ0) is 13.8. The van der Waals surface area contributed by atoms with Crippen LogP contribution in [0.2, 0.25) is 0 Å². The summed E-state index contributed by atoms with van der Waals surface area (Å²) in [7, 11) is 0. The molecule has 4 heteroatoms. The van der Waals surface area contributed by atoms with Gasteiger partial charge in [0.2, 0.25) is 0 Å². The van der Waals surface area contributed by atoms with Gasteiger partial charge in [-0.1, -0.05) is 32.3 Å². The molecule has 4 nitrogen and oxygen atoms in total. The Morgan fingerprint density at radius 2 is 2.21 bits per heavy atom. The fourth-order valence-corrected chi connectivity index (χ4v) is 2.93. The third-order valence-corrected chi connectivity index (χ3v) is 4.07. The number of para-hydroxylation sites is 1. The lowest BCUT2D eigenvalue weighted by molar-refractivity contribution is 0.100. The quantitative estimate of drug-likeness (QED) is 0.729. The summed E-state index contributed by atoms with van der Waals surface area (Å²) in [6.45, 7) is 2.23. The van der Waals surface area contributed by atoms with Gasteiger partial charge < -0.3 is 16.8 Å². The Labute approximate surface area is 114 Å². The summed E-state index contributed by atoms with van der Waals surface area (Å²) in [4.78, 5) is 11.5. The molecule has 0 saturated heterocycles. The SMILES string of the molecule is CCC1CCCC(Nc2c(N)cccc2C(N)=O)C1. The molecule has 2 atom stereocenters. The van der Waals surface area contributed by atoms with E-state index in [1.807, 2.05) is 0 Å². The Morgan fingerprint density at radius 3 is 2.89 bits per heavy atom. The fraction of sp³-hybridized carbons (Fsp3) is 0.533. The van der Waals surface area contributed by atoms with Crippen molar-refractivity contribution in [2.75, 3.05) is 11.1 Å². The number of benzene rings is 1. The smallest absolute Gasteiger partial charge is 0.250 e. The van der Waals surface area contributed by atoms with Gasteiger partial charge >= 0.3 is 0 Å². The van der Waals surface area contributed by atoms with Gasteiger partial charge in [0.1, 0.15) is 0 Å². The predicted octanol–water partition coefficient (Wildman–Crippen LogP) is 2.75. The molecule has 1 aliphatic rings. The third kappa shape index (κ3) is 3.19. The van der Waals surface area contributed by atoms with Crippen LogP contribution in [-0.2, 0) is 0 Å². The molecule has 1 aromatic rings. The molecule has 5 N–H and O–H groups in total. The van der Waals surface area contributed by atoms with Crippen LogP contribution in [0.5, 0.6) is 0 Å². The van der Waals surface area contributed by atoms with Crippen LogP contribution in [0.4, 0.5) is 11.4 Å². The number of hydrogen-bond donors (Lipinski definition) is 3. The summed E-state index contributed by atoms with van der Waals surface area (Å²) in [6.07, 6.45) is 6.02. The highest BCUT2D eigenvalue weighted by Crippen LogP contribution is 2.31. The van der Waals surface area contributed by atoms with Crippen molar-refractivity contribution in [2.24, 2.45) is 11.7 Å². The van der Waals surface area contributed by atoms with E-state index in [1.165, 1.54) is 19.3 Å². The van der Waals surface area contributed by atoms with Crippen LogP contribution in [0, 0.1) is 5.92 Å². The molecule has 2 rings (SSSR count). The van der Waals surface area contributed by atoms with Crippen molar-refractivity contribution >= 4 is 17.3 Å². The second kappa shape index (κ2) is 5.95. The number of anilines is 2. The molecular formula is C15H23N3O. The molecule has 2 unspecified atom stereocenters. The summed E-state index contributed by atoms with van der Waals surface area (Å²) in [5.74, 6) is 0.339. The van der Waals surface area contributed by atoms with Gasteiger partial charge in [0.05, 0.1) is 16.9 Å². The monoisotopic (exact) mass is 261 g/mol. The highest BCUT2D eigenvalue weighted by Gasteiger charge is 2.22. The molecule has 0 aliphatic heterocycles. The minimum atomic E-state index is -0.433. The van der Waals surface area contributed by atoms with Gasteiger partial charge in [-0.2, -0.15) is 0 Å². The number of carbonyl (C=O) groups is 1. The first kappa shape index (κ1) is 13.7. The van der Waals surface area contributed by atoms with Crippen LogP contribution < -0.4 is 16.8 Å². The van der Waals surface area contributed by atoms with Crippen LogP contribution in [0.15, 0.2) is 18.2 Å². The maximum absolute atomic E-state index is 11.5. The maximum Gasteiger partial charge on any atom is 0.250 e. The summed E-state index contributed by atoms with van der Waals surface area (Å²) in [6, 6.07) is 5.67. The number of nitrogens with two attached hydrogens (primary N) is 2. The molecule has 0 spiro atoms. The van der Waals surface area contributed by atoms with E-state index in [0.717, 1.165) is 18.8 Å². The van der Waals surface area contributed by atoms with Crippen LogP contribution in [0.25, 0.3) is 0 Å². The molecule has 0 bridgehead atoms. The third-order valence-electron chi connectivity index (χ3n) is 4.07. The van der Waals surface area contributed by atoms with Crippen molar-refractivity contribution in [3.05, 3.63) is 23.8 Å². The highest BCUT2D eigenvalue weighted by atomic mass is 16.1. The number of nitrogen functional groups attached to an aromatic ring is 1. The van der Waals surface area contributed by atoms with E-state index < -0.39 is 5.91 Å². The standard InChI is InChI=1S/C15H23N3O/c1-2-10-5-3-6-11(9-10)18-14-12(15(17)19)7-4-8-13(14)16/h4,7-8,10-11,18H,2-3,5-6,9,16H2,1H3,(H2,17,19). The number of carbonyl (C=O) groups excluding carboxylic acids is 1. The van der Waals surface area contributed by atoms with E-state index in [0.29, 0.717) is 23.0 Å². The summed E-state index contributed by atoms with van der Waals surface area (Å²) < 4.78 is 0. The number of amides is 1. The molecule has 1 amide bonds. The van der Waals surface area contributed by atoms with Crippen LogP contribution >= 0.6 is 0 Å². The topological polar surface area (TPSA) is 81.1 Å². The number of rotatable bonds is 4. The Balaban J connectivity index is 2.16. The number of primary amides is 1. The molecule has 1 fully saturated rings. The number of hydrogen-bond acceptors (Lipinski definition) is 3. The average Bonchev–Trinajstić information content (AvgIpc) is 2.41. The zero-order valence-electron chi connectivity index (χ0n) is 11.5. The Hall–Kier alpha value is -1.71. The fourth-order valence-electron chi connectivity index (χ4n) is 2.93. The largest absolute Gasteiger partial charge is 0.397 e. The van der Waals surface area contributed by atoms with Gasteiger partial charge in [-0.15, -0.1) is 0 Å². The molecule has 104 valence electrons. The van der Waals surface area contributed by atoms with Gasteiger partial charge in [-0.05, 0) is 30.9 Å². The first-order valence-corrected chi connectivity index (χ1v) is 7.06. The van der Waals surface area contributed by atoms with Gasteiger partial charge in [-0.25, -0.2) is 0 Å². The molecule has 19 heavy (non-hydrogen) atoms. The minimum Gasteiger partial charge on any atom is -0.397 e. The summed E-state index contributed by atoms with van der Waals surface area (Å²) >= 11 is 0. The van der Waals surface area contributed by atoms with Crippen LogP contribution in [0.3, 0.4) is 0 Å². The highest BCUT2D eigenvalue weighted by molar-refractivity contribution is 6.01. The Bertz CT molecular complexity index is 459. The molecule has 0 aromatic heterocycles. The molecule has 0 heterocycles. The second-order valence-electron chi connectivity index (χ2n) is 5.42. The molecule has 1 aromatic carbocycles. The van der Waals surface area contributed by atoms with Crippen LogP contribution in [0.1, 0.15) is 49.4 Å². The van der Waals surface area contributed by atoms with Crippen molar-refractivity contribution in [3.63, 3.8) is 0 Å². The average molecular weight is 261 g/mol. The lowest BCUT2D eigenvalue weighted by Gasteiger charge is -2.30. The van der Waals surface area contributed by atoms with Gasteiger partial charge in [0.25, 0.3) is 5.91 Å². The Morgan fingerprint density at radius 1 is 1.42 bits per heavy atom. The normalized spacial score (nSPS) is 23.0. The van der Waals surface area contributed by atoms with E-state index >= 15 is 0 Å². The van der Waals surface area contributed by atoms with Crippen molar-refractivity contribution in [3.8, 4) is 0 Å². The van der Waals surface area contributed by atoms with Crippen molar-refractivity contribution in [2.45, 2.75) is 45.1 Å². The molecule has 1 saturated carbocycles. The van der Waals surface area contributed by atoms with Gasteiger partial charge in [0, 0.05) is 6.04 Å². The minimum absolute atomic E-state index is 0.390. The first-order valence-electron chi connectivity index (χ1n) is 7.06. The van der Waals surface area contributed by atoms with Crippen molar-refractivity contribution in [1.82, 2.24) is 0 Å². The Kier molecular flexibility index (Phi) is 4.30. The molecule has 1 aliphatic carbocycles. The van der Waals surface area contributed by atoms with E-state index in [2.05, 4.69) is 12.2 Å². The van der Waals surface area contributed by atoms with E-state index in [1.54, 1.807) is 18.2 Å². The molecular weight excluding hydrogens is 238 g/mol. The van der Waals surface area contributed by atoms with E-state index in [4.69, 9.17) is 11.5 Å². The maximum atomic E-state index is 11.5. The lowest BCUT2D eigenvalue weighted by Crippen LogP contribution is -2.29. The van der Waals surface area contributed by atoms with Crippen LogP contribution in [-0.4, -0.2) is 11.9 Å².